The van der Waals surface area contributed by atoms with Crippen LogP contribution in [0.3, 0.4) is 0 Å². The Bertz CT molecular complexity index is 2040. The Morgan fingerprint density at radius 1 is 0.604 bits per heavy atom. The molecule has 0 aromatic heterocycles. The highest BCUT2D eigenvalue weighted by atomic mass is 29.3. The van der Waals surface area contributed by atoms with Crippen molar-refractivity contribution < 1.29 is 18.6 Å². The van der Waals surface area contributed by atoms with Crippen LogP contribution in [0.1, 0.15) is 43.4 Å². The van der Waals surface area contributed by atoms with Crippen LogP contribution >= 0.6 is 0 Å². The van der Waals surface area contributed by atoms with E-state index in [1.165, 1.54) is 23.0 Å². The van der Waals surface area contributed by atoms with E-state index in [0.29, 0.717) is 24.7 Å². The molecule has 0 radical (unpaired) electrons. The molecule has 0 spiro atoms. The van der Waals surface area contributed by atoms with Gasteiger partial charge >= 0.3 is 0 Å². The van der Waals surface area contributed by atoms with Crippen LogP contribution in [-0.4, -0.2) is 35.5 Å². The molecule has 6 heteroatoms. The Labute approximate surface area is 317 Å². The van der Waals surface area contributed by atoms with Crippen LogP contribution in [0.4, 0.5) is 4.39 Å². The molecule has 0 saturated heterocycles. The third kappa shape index (κ3) is 6.64. The van der Waals surface area contributed by atoms with Gasteiger partial charge in [0.25, 0.3) is 0 Å². The van der Waals surface area contributed by atoms with Crippen LogP contribution in [0.2, 0.25) is 19.6 Å². The first-order chi connectivity index (χ1) is 25.8. The first kappa shape index (κ1) is 37.8. The average Bonchev–Trinajstić information content (AvgIpc) is 3.19. The standard InChI is InChI=1S/C47H51FO3Si2/c1-7-9-34-51-44-41(35-42(48)45(49-3)46(44)50-8-2)47(37-26-16-11-17-27-37,38-28-18-12-19-29-38)53(52(4,5)6,39-30-20-13-21-31-39)43-33-23-22-32-40(43)36-24-14-10-15-25-36/h10-33,35H,7-9,34H2,1-6H3. The molecule has 6 aromatic carbocycles. The highest BCUT2D eigenvalue weighted by molar-refractivity contribution is 7.52. The van der Waals surface area contributed by atoms with Gasteiger partial charge in [-0.25, -0.2) is 4.39 Å². The Balaban J connectivity index is 1.99. The second kappa shape index (κ2) is 16.4. The van der Waals surface area contributed by atoms with E-state index in [1.54, 1.807) is 6.07 Å². The summed E-state index contributed by atoms with van der Waals surface area (Å²) in [5, 5.41) is 1.65. The second-order valence-corrected chi connectivity index (χ2v) is 29.1. The monoisotopic (exact) mass is 738 g/mol. The smallest absolute Gasteiger partial charge is 0.207 e. The Kier molecular flexibility index (Phi) is 11.7. The molecule has 0 N–H and O–H groups in total. The molecule has 0 aliphatic heterocycles. The number of hydrogen-bond donors (Lipinski definition) is 0. The predicted molar refractivity (Wildman–Crippen MR) is 224 cm³/mol. The van der Waals surface area contributed by atoms with E-state index in [0.717, 1.165) is 35.1 Å². The Morgan fingerprint density at radius 3 is 1.66 bits per heavy atom. The quantitative estimate of drug-likeness (QED) is 0.0596. The summed E-state index contributed by atoms with van der Waals surface area (Å²) in [6.45, 7) is 12.4. The zero-order chi connectivity index (χ0) is 37.5. The number of methoxy groups -OCH3 is 1. The van der Waals surface area contributed by atoms with Gasteiger partial charge in [0.2, 0.25) is 11.5 Å². The van der Waals surface area contributed by atoms with Crippen molar-refractivity contribution in [3.05, 3.63) is 174 Å². The van der Waals surface area contributed by atoms with Crippen molar-refractivity contribution in [2.75, 3.05) is 20.3 Å². The maximum Gasteiger partial charge on any atom is 0.207 e. The average molecular weight is 739 g/mol. The molecule has 0 amide bonds. The van der Waals surface area contributed by atoms with E-state index in [-0.39, 0.29) is 5.75 Å². The fourth-order valence-corrected chi connectivity index (χ4v) is 26.9. The lowest BCUT2D eigenvalue weighted by Crippen LogP contribution is -2.83. The fourth-order valence-electron chi connectivity index (χ4n) is 8.63. The molecule has 0 heterocycles. The van der Waals surface area contributed by atoms with Crippen molar-refractivity contribution in [3.8, 4) is 28.4 Å². The minimum absolute atomic E-state index is 0.0572. The van der Waals surface area contributed by atoms with Gasteiger partial charge in [-0.3, -0.25) is 0 Å². The summed E-state index contributed by atoms with van der Waals surface area (Å²) in [4.78, 5) is 0. The Hall–Kier alpha value is -4.92. The van der Waals surface area contributed by atoms with Crippen molar-refractivity contribution in [2.24, 2.45) is 0 Å². The largest absolute Gasteiger partial charge is 0.490 e. The number of unbranched alkanes of at least 4 members (excludes halogenated alkanes) is 1. The molecule has 0 aliphatic carbocycles. The number of benzene rings is 6. The van der Waals surface area contributed by atoms with Crippen molar-refractivity contribution in [2.45, 2.75) is 51.4 Å². The summed E-state index contributed by atoms with van der Waals surface area (Å²) < 4.78 is 36.3. The van der Waals surface area contributed by atoms with Crippen LogP contribution in [0.5, 0.6) is 17.2 Å². The summed E-state index contributed by atoms with van der Waals surface area (Å²) in [5.74, 6) is 0.421. The zero-order valence-corrected chi connectivity index (χ0v) is 33.9. The van der Waals surface area contributed by atoms with Crippen LogP contribution < -0.4 is 24.6 Å². The van der Waals surface area contributed by atoms with E-state index in [4.69, 9.17) is 14.2 Å². The molecular formula is C47H51FO3Si2. The molecule has 0 bridgehead atoms. The minimum atomic E-state index is -3.36. The van der Waals surface area contributed by atoms with Crippen molar-refractivity contribution in [3.63, 3.8) is 0 Å². The molecule has 0 fully saturated rings. The number of hydrogen-bond acceptors (Lipinski definition) is 3. The SMILES string of the molecule is CCCCOc1c(C(c2ccccc2)(c2ccccc2)[Si](c2ccccc2)(c2ccccc2-c2ccccc2)[Si](C)(C)C)cc(F)c(OC)c1OCC. The maximum atomic E-state index is 17.2. The maximum absolute atomic E-state index is 17.2. The molecule has 272 valence electrons. The van der Waals surface area contributed by atoms with E-state index < -0.39 is 26.0 Å². The van der Waals surface area contributed by atoms with Gasteiger partial charge in [0, 0.05) is 10.6 Å². The number of ether oxygens (including phenoxy) is 3. The fraction of sp³-hybridized carbons (Fsp3) is 0.234. The third-order valence-corrected chi connectivity index (χ3v) is 26.7. The number of rotatable bonds is 15. The van der Waals surface area contributed by atoms with Gasteiger partial charge in [0.05, 0.1) is 27.9 Å². The molecular weight excluding hydrogens is 688 g/mol. The highest BCUT2D eigenvalue weighted by Crippen LogP contribution is 2.56. The first-order valence-electron chi connectivity index (χ1n) is 18.7. The normalized spacial score (nSPS) is 12.9. The summed E-state index contributed by atoms with van der Waals surface area (Å²) in [7, 11) is -4.37. The van der Waals surface area contributed by atoms with Crippen LogP contribution in [0.15, 0.2) is 152 Å². The van der Waals surface area contributed by atoms with E-state index >= 15 is 4.39 Å². The lowest BCUT2D eigenvalue weighted by molar-refractivity contribution is 0.253. The van der Waals surface area contributed by atoms with E-state index in [2.05, 4.69) is 172 Å². The van der Waals surface area contributed by atoms with Crippen molar-refractivity contribution >= 4 is 25.6 Å². The zero-order valence-electron chi connectivity index (χ0n) is 31.9. The topological polar surface area (TPSA) is 27.7 Å². The van der Waals surface area contributed by atoms with Gasteiger partial charge in [0.15, 0.2) is 11.6 Å². The molecule has 6 rings (SSSR count). The molecule has 1 unspecified atom stereocenters. The van der Waals surface area contributed by atoms with Gasteiger partial charge in [-0.1, -0.05) is 184 Å². The molecule has 0 aliphatic rings. The summed E-state index contributed by atoms with van der Waals surface area (Å²) in [6, 6.07) is 54.0. The molecule has 6 aromatic rings. The van der Waals surface area contributed by atoms with Gasteiger partial charge in [0.1, 0.15) is 7.59 Å². The summed E-state index contributed by atoms with van der Waals surface area (Å²) in [6.07, 6.45) is 1.78. The van der Waals surface area contributed by atoms with Crippen LogP contribution in [0.25, 0.3) is 11.1 Å². The van der Waals surface area contributed by atoms with Crippen molar-refractivity contribution in [1.82, 2.24) is 0 Å². The van der Waals surface area contributed by atoms with Crippen LogP contribution in [-0.2, 0) is 5.04 Å². The van der Waals surface area contributed by atoms with Crippen LogP contribution in [0, 0.1) is 5.82 Å². The van der Waals surface area contributed by atoms with Gasteiger partial charge < -0.3 is 14.2 Å². The molecule has 3 nitrogen and oxygen atoms in total. The molecule has 53 heavy (non-hydrogen) atoms. The number of halogens is 1. The first-order valence-corrected chi connectivity index (χ1v) is 25.2. The summed E-state index contributed by atoms with van der Waals surface area (Å²) in [5.41, 5.74) is 5.27. The van der Waals surface area contributed by atoms with Gasteiger partial charge in [-0.2, -0.15) is 0 Å². The molecule has 1 atom stereocenters. The second-order valence-electron chi connectivity index (χ2n) is 14.5. The lowest BCUT2D eigenvalue weighted by atomic mass is 9.82. The minimum Gasteiger partial charge on any atom is -0.490 e. The molecule has 0 saturated carbocycles. The summed E-state index contributed by atoms with van der Waals surface area (Å²) >= 11 is 0. The third-order valence-electron chi connectivity index (χ3n) is 10.5. The highest BCUT2D eigenvalue weighted by Gasteiger charge is 2.66. The Morgan fingerprint density at radius 2 is 1.13 bits per heavy atom. The predicted octanol–water partition coefficient (Wildman–Crippen LogP) is 10.6. The van der Waals surface area contributed by atoms with E-state index in [1.807, 2.05) is 6.92 Å². The lowest BCUT2D eigenvalue weighted by Gasteiger charge is -2.58. The van der Waals surface area contributed by atoms with Crippen molar-refractivity contribution in [1.29, 1.82) is 0 Å². The van der Waals surface area contributed by atoms with Gasteiger partial charge in [-0.05, 0) is 46.9 Å². The van der Waals surface area contributed by atoms with Gasteiger partial charge in [-0.15, -0.1) is 0 Å². The van der Waals surface area contributed by atoms with E-state index in [9.17, 15) is 0 Å².